The average Bonchev–Trinajstić information content (AvgIpc) is 2.70. The first-order valence-corrected chi connectivity index (χ1v) is 13.2. The Hall–Kier alpha value is -1.33. The van der Waals surface area contributed by atoms with Crippen molar-refractivity contribution in [2.45, 2.75) is 36.5 Å². The van der Waals surface area contributed by atoms with Gasteiger partial charge in [-0.1, -0.05) is 24.6 Å². The molecule has 1 aromatic heterocycles. The van der Waals surface area contributed by atoms with Crippen LogP contribution in [-0.4, -0.2) is 54.2 Å². The van der Waals surface area contributed by atoms with Crippen molar-refractivity contribution in [3.8, 4) is 5.88 Å². The van der Waals surface area contributed by atoms with E-state index in [0.29, 0.717) is 52.8 Å². The molecule has 0 spiro atoms. The average molecular weight is 552 g/mol. The molecule has 11 heteroatoms. The first kappa shape index (κ1) is 25.9. The summed E-state index contributed by atoms with van der Waals surface area (Å²) in [5.41, 5.74) is 0.616. The highest BCUT2D eigenvalue weighted by Crippen LogP contribution is 2.30. The normalized spacial score (nSPS) is 11.6. The molecule has 0 saturated carbocycles. The van der Waals surface area contributed by atoms with Gasteiger partial charge in [0.1, 0.15) is 4.90 Å². The predicted octanol–water partition coefficient (Wildman–Crippen LogP) is 4.72. The van der Waals surface area contributed by atoms with Crippen LogP contribution < -0.4 is 4.74 Å². The lowest BCUT2D eigenvalue weighted by molar-refractivity contribution is -0.136. The number of nitrogens with zero attached hydrogens (tertiary/aromatic N) is 2. The van der Waals surface area contributed by atoms with Gasteiger partial charge in [-0.25, -0.2) is 13.4 Å². The van der Waals surface area contributed by atoms with Gasteiger partial charge in [-0.2, -0.15) is 4.31 Å². The lowest BCUT2D eigenvalue weighted by Gasteiger charge is -2.22. The number of rotatable bonds is 12. The number of hydrogen-bond donors (Lipinski definition) is 1. The number of sulfonamides is 1. The molecule has 0 amide bonds. The Balaban J connectivity index is 2.10. The van der Waals surface area contributed by atoms with E-state index in [-0.39, 0.29) is 11.3 Å². The number of carboxylic acids is 1. The second-order valence-electron chi connectivity index (χ2n) is 6.48. The molecule has 170 valence electrons. The van der Waals surface area contributed by atoms with E-state index in [1.54, 1.807) is 18.2 Å². The van der Waals surface area contributed by atoms with Crippen molar-refractivity contribution in [2.24, 2.45) is 0 Å². The first-order valence-electron chi connectivity index (χ1n) is 9.60. The van der Waals surface area contributed by atoms with E-state index in [2.05, 4.69) is 20.9 Å². The fourth-order valence-electron chi connectivity index (χ4n) is 2.75. The molecule has 2 rings (SSSR count). The number of carboxylic acid groups (broad SMARTS) is 1. The Morgan fingerprint density at radius 1 is 1.29 bits per heavy atom. The number of aromatic nitrogens is 1. The first-order chi connectivity index (χ1) is 14.7. The molecule has 2 aromatic rings. The fraction of sp³-hybridized carbons (Fsp3) is 0.400. The molecular formula is C20H24BrClN2O5S2. The summed E-state index contributed by atoms with van der Waals surface area (Å²) in [6.45, 7) is 4.83. The van der Waals surface area contributed by atoms with Crippen molar-refractivity contribution in [3.63, 3.8) is 0 Å². The van der Waals surface area contributed by atoms with Crippen LogP contribution in [0.15, 0.2) is 44.7 Å². The highest BCUT2D eigenvalue weighted by Gasteiger charge is 2.25. The Morgan fingerprint density at radius 3 is 2.61 bits per heavy atom. The van der Waals surface area contributed by atoms with Crippen LogP contribution in [0.4, 0.5) is 0 Å². The van der Waals surface area contributed by atoms with Crippen molar-refractivity contribution in [1.29, 1.82) is 0 Å². The van der Waals surface area contributed by atoms with E-state index < -0.39 is 16.0 Å². The highest BCUT2D eigenvalue weighted by atomic mass is 79.9. The van der Waals surface area contributed by atoms with Gasteiger partial charge in [0.2, 0.25) is 15.9 Å². The molecule has 0 aliphatic carbocycles. The topological polar surface area (TPSA) is 96.8 Å². The largest absolute Gasteiger partial charge is 0.481 e. The lowest BCUT2D eigenvalue weighted by atomic mass is 10.1. The molecule has 1 heterocycles. The molecule has 0 bridgehead atoms. The summed E-state index contributed by atoms with van der Waals surface area (Å²) in [4.78, 5) is 15.8. The third-order valence-electron chi connectivity index (χ3n) is 4.12. The SMILES string of the molecule is CCCN(CCSc1ccc(CC(=O)O)cc1Cl)S(=O)(=O)c1cnc(OCC)c(Br)c1. The molecule has 0 radical (unpaired) electrons. The number of halogens is 2. The van der Waals surface area contributed by atoms with Crippen molar-refractivity contribution in [1.82, 2.24) is 9.29 Å². The Morgan fingerprint density at radius 2 is 2.03 bits per heavy atom. The molecule has 0 saturated heterocycles. The van der Waals surface area contributed by atoms with Gasteiger partial charge >= 0.3 is 5.97 Å². The maximum atomic E-state index is 13.1. The number of ether oxygens (including phenoxy) is 1. The Labute approximate surface area is 200 Å². The van der Waals surface area contributed by atoms with Crippen LogP contribution in [0.2, 0.25) is 5.02 Å². The lowest BCUT2D eigenvalue weighted by Crippen LogP contribution is -2.34. The van der Waals surface area contributed by atoms with E-state index in [9.17, 15) is 13.2 Å². The van der Waals surface area contributed by atoms with E-state index in [1.807, 2.05) is 13.8 Å². The van der Waals surface area contributed by atoms with Crippen LogP contribution in [0.1, 0.15) is 25.8 Å². The maximum Gasteiger partial charge on any atom is 0.307 e. The van der Waals surface area contributed by atoms with Crippen molar-refractivity contribution in [2.75, 3.05) is 25.4 Å². The third-order valence-corrected chi connectivity index (χ3v) is 8.03. The van der Waals surface area contributed by atoms with Gasteiger partial charge in [0.05, 0.1) is 28.7 Å². The molecule has 0 fully saturated rings. The van der Waals surface area contributed by atoms with Crippen molar-refractivity contribution < 1.29 is 23.1 Å². The minimum absolute atomic E-state index is 0.0948. The van der Waals surface area contributed by atoms with E-state index >= 15 is 0 Å². The minimum atomic E-state index is -3.73. The quantitative estimate of drug-likeness (QED) is 0.381. The molecule has 31 heavy (non-hydrogen) atoms. The summed E-state index contributed by atoms with van der Waals surface area (Å²) < 4.78 is 33.5. The Kier molecular flexibility index (Phi) is 10.1. The van der Waals surface area contributed by atoms with Gasteiger partial charge in [0.15, 0.2) is 0 Å². The monoisotopic (exact) mass is 550 g/mol. The van der Waals surface area contributed by atoms with Gasteiger partial charge < -0.3 is 9.84 Å². The zero-order chi connectivity index (χ0) is 23.0. The highest BCUT2D eigenvalue weighted by molar-refractivity contribution is 9.10. The minimum Gasteiger partial charge on any atom is -0.481 e. The zero-order valence-electron chi connectivity index (χ0n) is 17.2. The second-order valence-corrected chi connectivity index (χ2v) is 10.8. The maximum absolute atomic E-state index is 13.1. The number of pyridine rings is 1. The third kappa shape index (κ3) is 7.35. The summed E-state index contributed by atoms with van der Waals surface area (Å²) in [7, 11) is -3.73. The number of benzene rings is 1. The van der Waals surface area contributed by atoms with E-state index in [0.717, 1.165) is 4.90 Å². The van der Waals surface area contributed by atoms with Crippen LogP contribution in [0.25, 0.3) is 0 Å². The van der Waals surface area contributed by atoms with Gasteiger partial charge in [-0.05, 0) is 53.0 Å². The molecule has 0 aliphatic rings. The predicted molar refractivity (Wildman–Crippen MR) is 126 cm³/mol. The number of carbonyl (C=O) groups is 1. The fourth-order valence-corrected chi connectivity index (χ4v) is 6.24. The van der Waals surface area contributed by atoms with Gasteiger partial charge in [0.25, 0.3) is 0 Å². The molecule has 0 atom stereocenters. The second kappa shape index (κ2) is 12.1. The van der Waals surface area contributed by atoms with E-state index in [1.165, 1.54) is 28.3 Å². The van der Waals surface area contributed by atoms with Crippen LogP contribution in [0.5, 0.6) is 5.88 Å². The molecule has 0 aliphatic heterocycles. The molecule has 1 aromatic carbocycles. The molecule has 1 N–H and O–H groups in total. The standard InChI is InChI=1S/C20H24BrClN2O5S2/c1-3-7-24(31(27,28)15-12-16(21)20(23-13-15)29-4-2)8-9-30-18-6-5-14(10-17(18)22)11-19(25)26/h5-6,10,12-13H,3-4,7-9,11H2,1-2H3,(H,25,26). The zero-order valence-corrected chi connectivity index (χ0v) is 21.2. The van der Waals surface area contributed by atoms with Gasteiger partial charge in [-0.3, -0.25) is 4.79 Å². The number of hydrogen-bond acceptors (Lipinski definition) is 6. The van der Waals surface area contributed by atoms with Crippen LogP contribution in [0.3, 0.4) is 0 Å². The smallest absolute Gasteiger partial charge is 0.307 e. The van der Waals surface area contributed by atoms with Crippen LogP contribution in [0, 0.1) is 0 Å². The van der Waals surface area contributed by atoms with Crippen LogP contribution >= 0.6 is 39.3 Å². The molecular weight excluding hydrogens is 528 g/mol. The summed E-state index contributed by atoms with van der Waals surface area (Å²) in [6.07, 6.45) is 1.87. The summed E-state index contributed by atoms with van der Waals surface area (Å²) >= 11 is 11.0. The summed E-state index contributed by atoms with van der Waals surface area (Å²) in [5.74, 6) is -0.0876. The van der Waals surface area contributed by atoms with Crippen LogP contribution in [-0.2, 0) is 21.2 Å². The van der Waals surface area contributed by atoms with Gasteiger partial charge in [0, 0.05) is 23.7 Å². The summed E-state index contributed by atoms with van der Waals surface area (Å²) in [6, 6.07) is 6.60. The van der Waals surface area contributed by atoms with E-state index in [4.69, 9.17) is 21.4 Å². The number of aliphatic carboxylic acids is 1. The summed E-state index contributed by atoms with van der Waals surface area (Å²) in [5, 5.41) is 9.34. The molecule has 7 nitrogen and oxygen atoms in total. The van der Waals surface area contributed by atoms with Gasteiger partial charge in [-0.15, -0.1) is 11.8 Å². The number of thioether (sulfide) groups is 1. The van der Waals surface area contributed by atoms with Crippen molar-refractivity contribution >= 4 is 55.3 Å². The van der Waals surface area contributed by atoms with Crippen molar-refractivity contribution in [3.05, 3.63) is 45.5 Å². The molecule has 0 unspecified atom stereocenters. The Bertz CT molecular complexity index is 1020.